The summed E-state index contributed by atoms with van der Waals surface area (Å²) in [6, 6.07) is 59.1. The van der Waals surface area contributed by atoms with Crippen molar-refractivity contribution in [2.45, 2.75) is 0 Å². The van der Waals surface area contributed by atoms with Gasteiger partial charge in [-0.3, -0.25) is 0 Å². The summed E-state index contributed by atoms with van der Waals surface area (Å²) >= 11 is 0. The summed E-state index contributed by atoms with van der Waals surface area (Å²) in [5.41, 5.74) is 11.8. The van der Waals surface area contributed by atoms with E-state index in [1.54, 1.807) is 0 Å². The molecule has 48 heavy (non-hydrogen) atoms. The number of nitriles is 2. The van der Waals surface area contributed by atoms with Gasteiger partial charge in [0, 0.05) is 32.9 Å². The molecule has 4 heteroatoms. The van der Waals surface area contributed by atoms with E-state index in [0.717, 1.165) is 66.5 Å². The topological polar surface area (TPSA) is 57.4 Å². The van der Waals surface area contributed by atoms with E-state index in [4.69, 9.17) is 0 Å². The van der Waals surface area contributed by atoms with Crippen molar-refractivity contribution in [1.29, 1.82) is 10.5 Å². The number of fused-ring (bicyclic) bond motifs is 6. The molecular weight excluding hydrogens is 585 g/mol. The average Bonchev–Trinajstić information content (AvgIpc) is 3.67. The second-order valence-corrected chi connectivity index (χ2v) is 12.1. The fraction of sp³-hybridized carbons (Fsp3) is 0. The molecule has 222 valence electrons. The Morgan fingerprint density at radius 2 is 0.812 bits per heavy atom. The van der Waals surface area contributed by atoms with E-state index in [-0.39, 0.29) is 0 Å². The van der Waals surface area contributed by atoms with Crippen LogP contribution in [0.15, 0.2) is 158 Å². The van der Waals surface area contributed by atoms with Crippen molar-refractivity contribution in [3.63, 3.8) is 0 Å². The van der Waals surface area contributed by atoms with E-state index in [1.165, 1.54) is 10.8 Å². The summed E-state index contributed by atoms with van der Waals surface area (Å²) in [7, 11) is 0. The monoisotopic (exact) mass is 610 g/mol. The first-order valence-electron chi connectivity index (χ1n) is 15.9. The smallest absolute Gasteiger partial charge is 0.0992 e. The molecule has 0 aliphatic carbocycles. The largest absolute Gasteiger partial charge is 0.309 e. The summed E-state index contributed by atoms with van der Waals surface area (Å²) in [6.07, 6.45) is 0. The van der Waals surface area contributed by atoms with Crippen LogP contribution in [0.25, 0.3) is 77.2 Å². The lowest BCUT2D eigenvalue weighted by Crippen LogP contribution is -1.97. The third-order valence-electron chi connectivity index (χ3n) is 9.32. The molecule has 4 nitrogen and oxygen atoms in total. The molecule has 0 amide bonds. The van der Waals surface area contributed by atoms with Crippen LogP contribution in [0.4, 0.5) is 0 Å². The minimum absolute atomic E-state index is 0.614. The lowest BCUT2D eigenvalue weighted by Gasteiger charge is -2.15. The third-order valence-corrected chi connectivity index (χ3v) is 9.32. The minimum atomic E-state index is 0.614. The fourth-order valence-electron chi connectivity index (χ4n) is 7.19. The Morgan fingerprint density at radius 3 is 1.42 bits per heavy atom. The second kappa shape index (κ2) is 10.9. The van der Waals surface area contributed by atoms with E-state index in [0.29, 0.717) is 11.1 Å². The summed E-state index contributed by atoms with van der Waals surface area (Å²) in [5.74, 6) is 0. The molecule has 2 aromatic heterocycles. The van der Waals surface area contributed by atoms with Gasteiger partial charge in [-0.2, -0.15) is 10.5 Å². The van der Waals surface area contributed by atoms with Gasteiger partial charge in [0.05, 0.1) is 45.3 Å². The highest BCUT2D eigenvalue weighted by atomic mass is 15.0. The van der Waals surface area contributed by atoms with Crippen LogP contribution in [0.3, 0.4) is 0 Å². The van der Waals surface area contributed by atoms with Crippen LogP contribution in [-0.2, 0) is 0 Å². The zero-order valence-corrected chi connectivity index (χ0v) is 25.8. The van der Waals surface area contributed by atoms with Gasteiger partial charge in [-0.25, -0.2) is 0 Å². The molecule has 9 aromatic rings. The first-order chi connectivity index (χ1) is 23.7. The standard InChI is InChI=1S/C44H26N4/c45-27-29-9-7-10-31(21-29)33-23-34(26-36(25-33)48-43-18-6-3-15-39(43)40-20-19-30(28-46)22-44(40)48)32-11-8-12-35(24-32)47-41-16-4-1-13-37(41)38-14-2-5-17-42(38)47/h1-26H. The van der Waals surface area contributed by atoms with Gasteiger partial charge in [-0.05, 0) is 95.1 Å². The molecule has 0 atom stereocenters. The number of hydrogen-bond acceptors (Lipinski definition) is 2. The summed E-state index contributed by atoms with van der Waals surface area (Å²) in [4.78, 5) is 0. The quantitative estimate of drug-likeness (QED) is 0.199. The molecule has 2 heterocycles. The summed E-state index contributed by atoms with van der Waals surface area (Å²) in [5, 5.41) is 24.2. The lowest BCUT2D eigenvalue weighted by molar-refractivity contribution is 1.17. The molecule has 0 aliphatic rings. The summed E-state index contributed by atoms with van der Waals surface area (Å²) in [6.45, 7) is 0. The maximum atomic E-state index is 9.82. The first-order valence-corrected chi connectivity index (χ1v) is 15.9. The zero-order chi connectivity index (χ0) is 32.2. The molecule has 0 aliphatic heterocycles. The maximum Gasteiger partial charge on any atom is 0.0992 e. The molecule has 9 rings (SSSR count). The molecule has 0 fully saturated rings. The van der Waals surface area contributed by atoms with Gasteiger partial charge in [-0.15, -0.1) is 0 Å². The molecule has 0 N–H and O–H groups in total. The average molecular weight is 611 g/mol. The van der Waals surface area contributed by atoms with Crippen molar-refractivity contribution in [2.24, 2.45) is 0 Å². The molecule has 0 spiro atoms. The number of benzene rings is 7. The highest BCUT2D eigenvalue weighted by molar-refractivity contribution is 6.10. The van der Waals surface area contributed by atoms with E-state index >= 15 is 0 Å². The summed E-state index contributed by atoms with van der Waals surface area (Å²) < 4.78 is 4.59. The van der Waals surface area contributed by atoms with Gasteiger partial charge in [0.15, 0.2) is 0 Å². The van der Waals surface area contributed by atoms with Gasteiger partial charge < -0.3 is 9.13 Å². The van der Waals surface area contributed by atoms with Crippen LogP contribution in [0.1, 0.15) is 11.1 Å². The Balaban J connectivity index is 1.32. The number of hydrogen-bond donors (Lipinski definition) is 0. The van der Waals surface area contributed by atoms with Gasteiger partial charge in [0.25, 0.3) is 0 Å². The van der Waals surface area contributed by atoms with E-state index in [1.807, 2.05) is 36.4 Å². The lowest BCUT2D eigenvalue weighted by atomic mass is 9.96. The van der Waals surface area contributed by atoms with Gasteiger partial charge >= 0.3 is 0 Å². The van der Waals surface area contributed by atoms with Crippen LogP contribution in [0.2, 0.25) is 0 Å². The predicted molar refractivity (Wildman–Crippen MR) is 195 cm³/mol. The Bertz CT molecular complexity index is 2760. The predicted octanol–water partition coefficient (Wildman–Crippen LogP) is 11.0. The van der Waals surface area contributed by atoms with Crippen LogP contribution in [0.5, 0.6) is 0 Å². The van der Waals surface area contributed by atoms with Crippen molar-refractivity contribution < 1.29 is 0 Å². The third kappa shape index (κ3) is 4.29. The normalized spacial score (nSPS) is 11.3. The van der Waals surface area contributed by atoms with E-state index < -0.39 is 0 Å². The number of nitrogens with zero attached hydrogens (tertiary/aromatic N) is 4. The van der Waals surface area contributed by atoms with E-state index in [2.05, 4.69) is 143 Å². The van der Waals surface area contributed by atoms with Crippen molar-refractivity contribution in [3.05, 3.63) is 169 Å². The number of para-hydroxylation sites is 3. The molecular formula is C44H26N4. The minimum Gasteiger partial charge on any atom is -0.309 e. The van der Waals surface area contributed by atoms with Crippen molar-refractivity contribution in [3.8, 4) is 45.8 Å². The maximum absolute atomic E-state index is 9.82. The van der Waals surface area contributed by atoms with E-state index in [9.17, 15) is 10.5 Å². The van der Waals surface area contributed by atoms with Crippen LogP contribution >= 0.6 is 0 Å². The Hall–Kier alpha value is -6.88. The van der Waals surface area contributed by atoms with Gasteiger partial charge in [0.1, 0.15) is 0 Å². The molecule has 7 aromatic carbocycles. The molecule has 0 unspecified atom stereocenters. The van der Waals surface area contributed by atoms with Crippen LogP contribution in [-0.4, -0.2) is 9.13 Å². The highest BCUT2D eigenvalue weighted by Gasteiger charge is 2.17. The number of rotatable bonds is 4. The van der Waals surface area contributed by atoms with Gasteiger partial charge in [-0.1, -0.05) is 84.9 Å². The van der Waals surface area contributed by atoms with Gasteiger partial charge in [0.2, 0.25) is 0 Å². The second-order valence-electron chi connectivity index (χ2n) is 12.1. The molecule has 0 bridgehead atoms. The van der Waals surface area contributed by atoms with Crippen molar-refractivity contribution >= 4 is 43.6 Å². The first kappa shape index (κ1) is 27.4. The molecule has 0 radical (unpaired) electrons. The fourth-order valence-corrected chi connectivity index (χ4v) is 7.19. The van der Waals surface area contributed by atoms with Crippen LogP contribution in [0, 0.1) is 22.7 Å². The molecule has 0 saturated heterocycles. The van der Waals surface area contributed by atoms with Crippen LogP contribution < -0.4 is 0 Å². The SMILES string of the molecule is N#Cc1cccc(-c2cc(-c3cccc(-n4c5ccccc5c5ccccc54)c3)cc(-n3c4ccccc4c4ccc(C#N)cc43)c2)c1. The molecule has 0 saturated carbocycles. The Labute approximate surface area is 277 Å². The Kier molecular flexibility index (Phi) is 6.22. The zero-order valence-electron chi connectivity index (χ0n) is 25.8. The number of aromatic nitrogens is 2. The van der Waals surface area contributed by atoms with Crippen molar-refractivity contribution in [1.82, 2.24) is 9.13 Å². The van der Waals surface area contributed by atoms with Crippen molar-refractivity contribution in [2.75, 3.05) is 0 Å². The Morgan fingerprint density at radius 1 is 0.333 bits per heavy atom. The highest BCUT2D eigenvalue weighted by Crippen LogP contribution is 2.38.